The van der Waals surface area contributed by atoms with Crippen LogP contribution < -0.4 is 0 Å². The number of hydrogen-bond acceptors (Lipinski definition) is 4. The summed E-state index contributed by atoms with van der Waals surface area (Å²) in [5.41, 5.74) is 1.68. The number of rotatable bonds is 6. The zero-order valence-corrected chi connectivity index (χ0v) is 12.2. The molecule has 0 aliphatic rings. The zero-order chi connectivity index (χ0) is 14.6. The molecule has 106 valence electrons. The van der Waals surface area contributed by atoms with Crippen LogP contribution in [0.2, 0.25) is 0 Å². The molecule has 0 radical (unpaired) electrons. The normalized spacial score (nSPS) is 11.6. The monoisotopic (exact) mass is 291 g/mol. The van der Waals surface area contributed by atoms with Crippen molar-refractivity contribution < 1.29 is 8.42 Å². The van der Waals surface area contributed by atoms with Gasteiger partial charge in [0.2, 0.25) is 0 Å². The summed E-state index contributed by atoms with van der Waals surface area (Å²) in [6, 6.07) is 9.61. The molecule has 2 aromatic rings. The number of aromatic nitrogens is 2. The SMILES string of the molecule is CCCS(=O)(=O)CCn1c(CC#N)nc2ccccc21. The van der Waals surface area contributed by atoms with Gasteiger partial charge in [0.05, 0.1) is 29.3 Å². The van der Waals surface area contributed by atoms with E-state index in [0.717, 1.165) is 11.0 Å². The van der Waals surface area contributed by atoms with Crippen LogP contribution in [-0.2, 0) is 22.8 Å². The molecule has 5 nitrogen and oxygen atoms in total. The molecular formula is C14H17N3O2S. The van der Waals surface area contributed by atoms with E-state index in [-0.39, 0.29) is 17.9 Å². The van der Waals surface area contributed by atoms with E-state index in [1.54, 1.807) is 0 Å². The van der Waals surface area contributed by atoms with Crippen LogP contribution in [0.4, 0.5) is 0 Å². The minimum atomic E-state index is -3.04. The zero-order valence-electron chi connectivity index (χ0n) is 11.4. The van der Waals surface area contributed by atoms with Gasteiger partial charge in [-0.15, -0.1) is 0 Å². The van der Waals surface area contributed by atoms with Crippen LogP contribution in [0.3, 0.4) is 0 Å². The fraction of sp³-hybridized carbons (Fsp3) is 0.429. The first-order valence-corrected chi connectivity index (χ1v) is 8.41. The van der Waals surface area contributed by atoms with Crippen LogP contribution >= 0.6 is 0 Å². The fourth-order valence-electron chi connectivity index (χ4n) is 2.22. The highest BCUT2D eigenvalue weighted by atomic mass is 32.2. The van der Waals surface area contributed by atoms with Crippen molar-refractivity contribution >= 4 is 20.9 Å². The summed E-state index contributed by atoms with van der Waals surface area (Å²) in [6.07, 6.45) is 0.806. The second-order valence-electron chi connectivity index (χ2n) is 4.66. The number of fused-ring (bicyclic) bond motifs is 1. The lowest BCUT2D eigenvalue weighted by Crippen LogP contribution is -2.17. The lowest BCUT2D eigenvalue weighted by Gasteiger charge is -2.08. The average Bonchev–Trinajstić information content (AvgIpc) is 2.74. The molecule has 0 aliphatic carbocycles. The van der Waals surface area contributed by atoms with E-state index in [4.69, 9.17) is 5.26 Å². The highest BCUT2D eigenvalue weighted by molar-refractivity contribution is 7.91. The predicted octanol–water partition coefficient (Wildman–Crippen LogP) is 1.93. The maximum absolute atomic E-state index is 11.8. The van der Waals surface area contributed by atoms with E-state index < -0.39 is 9.84 Å². The topological polar surface area (TPSA) is 75.8 Å². The summed E-state index contributed by atoms with van der Waals surface area (Å²) < 4.78 is 25.5. The van der Waals surface area contributed by atoms with Gasteiger partial charge in [-0.2, -0.15) is 5.26 Å². The third-order valence-corrected chi connectivity index (χ3v) is 4.95. The number of nitriles is 1. The lowest BCUT2D eigenvalue weighted by molar-refractivity contribution is 0.587. The molecule has 1 heterocycles. The van der Waals surface area contributed by atoms with Gasteiger partial charge in [-0.05, 0) is 18.6 Å². The van der Waals surface area contributed by atoms with Crippen LogP contribution in [0.25, 0.3) is 11.0 Å². The molecule has 6 heteroatoms. The highest BCUT2D eigenvalue weighted by Gasteiger charge is 2.14. The Morgan fingerprint density at radius 3 is 2.75 bits per heavy atom. The lowest BCUT2D eigenvalue weighted by atomic mass is 10.3. The van der Waals surface area contributed by atoms with Gasteiger partial charge in [0.15, 0.2) is 9.84 Å². The van der Waals surface area contributed by atoms with Crippen molar-refractivity contribution in [1.29, 1.82) is 5.26 Å². The summed E-state index contributed by atoms with van der Waals surface area (Å²) in [6.45, 7) is 2.20. The smallest absolute Gasteiger partial charge is 0.152 e. The molecule has 0 atom stereocenters. The van der Waals surface area contributed by atoms with E-state index in [9.17, 15) is 8.42 Å². The molecule has 2 rings (SSSR count). The van der Waals surface area contributed by atoms with Crippen LogP contribution in [0.1, 0.15) is 19.2 Å². The highest BCUT2D eigenvalue weighted by Crippen LogP contribution is 2.16. The van der Waals surface area contributed by atoms with Gasteiger partial charge in [0, 0.05) is 12.3 Å². The fourth-order valence-corrected chi connectivity index (χ4v) is 3.51. The molecule has 0 amide bonds. The first kappa shape index (κ1) is 14.5. The second-order valence-corrected chi connectivity index (χ2v) is 6.96. The molecule has 1 aromatic carbocycles. The minimum absolute atomic E-state index is 0.0830. The molecule has 20 heavy (non-hydrogen) atoms. The van der Waals surface area contributed by atoms with Crippen LogP contribution in [0, 0.1) is 11.3 Å². The Morgan fingerprint density at radius 2 is 2.05 bits per heavy atom. The largest absolute Gasteiger partial charge is 0.326 e. The van der Waals surface area contributed by atoms with E-state index >= 15 is 0 Å². The Kier molecular flexibility index (Phi) is 4.40. The van der Waals surface area contributed by atoms with Gasteiger partial charge >= 0.3 is 0 Å². The Labute approximate surface area is 118 Å². The molecule has 1 aromatic heterocycles. The molecule has 0 N–H and O–H groups in total. The van der Waals surface area contributed by atoms with Crippen molar-refractivity contribution in [2.24, 2.45) is 0 Å². The summed E-state index contributed by atoms with van der Waals surface area (Å²) in [5, 5.41) is 8.86. The standard InChI is InChI=1S/C14H17N3O2S/c1-2-10-20(18,19)11-9-17-13-6-4-3-5-12(13)16-14(17)7-8-15/h3-6H,2,7,9-11H2,1H3. The molecule has 0 saturated heterocycles. The predicted molar refractivity (Wildman–Crippen MR) is 78.0 cm³/mol. The molecular weight excluding hydrogens is 274 g/mol. The van der Waals surface area contributed by atoms with Crippen LogP contribution in [0.15, 0.2) is 24.3 Å². The Bertz CT molecular complexity index is 741. The van der Waals surface area contributed by atoms with Gasteiger partial charge in [-0.3, -0.25) is 0 Å². The molecule has 0 saturated carbocycles. The Morgan fingerprint density at radius 1 is 1.30 bits per heavy atom. The summed E-state index contributed by atoms with van der Waals surface area (Å²) in [5.74, 6) is 0.910. The van der Waals surface area contributed by atoms with Crippen LogP contribution in [-0.4, -0.2) is 29.5 Å². The van der Waals surface area contributed by atoms with E-state index in [1.807, 2.05) is 35.8 Å². The van der Waals surface area contributed by atoms with Crippen molar-refractivity contribution in [3.05, 3.63) is 30.1 Å². The van der Waals surface area contributed by atoms with Gasteiger partial charge in [0.25, 0.3) is 0 Å². The van der Waals surface area contributed by atoms with E-state index in [2.05, 4.69) is 11.1 Å². The number of nitrogens with zero attached hydrogens (tertiary/aromatic N) is 3. The maximum atomic E-state index is 11.8. The first-order valence-electron chi connectivity index (χ1n) is 6.59. The molecule has 0 unspecified atom stereocenters. The van der Waals surface area contributed by atoms with Gasteiger partial charge in [-0.1, -0.05) is 19.1 Å². The van der Waals surface area contributed by atoms with Crippen molar-refractivity contribution in [3.63, 3.8) is 0 Å². The van der Waals surface area contributed by atoms with Crippen LogP contribution in [0.5, 0.6) is 0 Å². The van der Waals surface area contributed by atoms with Gasteiger partial charge in [-0.25, -0.2) is 13.4 Å². The van der Waals surface area contributed by atoms with E-state index in [1.165, 1.54) is 0 Å². The third-order valence-electron chi connectivity index (χ3n) is 3.11. The Balaban J connectivity index is 2.33. The number of benzene rings is 1. The number of sulfone groups is 1. The van der Waals surface area contributed by atoms with Crippen molar-refractivity contribution in [2.75, 3.05) is 11.5 Å². The Hall–Kier alpha value is -1.87. The number of para-hydroxylation sites is 2. The average molecular weight is 291 g/mol. The van der Waals surface area contributed by atoms with E-state index in [0.29, 0.717) is 18.8 Å². The molecule has 0 aliphatic heterocycles. The molecule has 0 fully saturated rings. The van der Waals surface area contributed by atoms with Crippen molar-refractivity contribution in [1.82, 2.24) is 9.55 Å². The maximum Gasteiger partial charge on any atom is 0.152 e. The first-order chi connectivity index (χ1) is 9.57. The second kappa shape index (κ2) is 6.06. The van der Waals surface area contributed by atoms with Gasteiger partial charge in [0.1, 0.15) is 5.82 Å². The molecule has 0 bridgehead atoms. The van der Waals surface area contributed by atoms with Crippen molar-refractivity contribution in [2.45, 2.75) is 26.3 Å². The number of aryl methyl sites for hydroxylation is 1. The minimum Gasteiger partial charge on any atom is -0.326 e. The summed E-state index contributed by atoms with van der Waals surface area (Å²) in [4.78, 5) is 4.39. The van der Waals surface area contributed by atoms with Crippen molar-refractivity contribution in [3.8, 4) is 6.07 Å². The number of hydrogen-bond donors (Lipinski definition) is 0. The quantitative estimate of drug-likeness (QED) is 0.815. The molecule has 0 spiro atoms. The summed E-state index contributed by atoms with van der Waals surface area (Å²) in [7, 11) is -3.04. The number of imidazole rings is 1. The third kappa shape index (κ3) is 3.17. The van der Waals surface area contributed by atoms with Gasteiger partial charge < -0.3 is 4.57 Å². The summed E-state index contributed by atoms with van der Waals surface area (Å²) >= 11 is 0.